The maximum absolute atomic E-state index is 5.49. The largest absolute Gasteiger partial charge is 0.379 e. The summed E-state index contributed by atoms with van der Waals surface area (Å²) in [5.74, 6) is 1.27. The summed E-state index contributed by atoms with van der Waals surface area (Å²) < 4.78 is 21.8. The Morgan fingerprint density at radius 2 is 0.850 bits per heavy atom. The van der Waals surface area contributed by atoms with Gasteiger partial charge in [-0.2, -0.15) is 0 Å². The van der Waals surface area contributed by atoms with Crippen LogP contribution < -0.4 is 0 Å². The molecule has 4 nitrogen and oxygen atoms in total. The predicted molar refractivity (Wildman–Crippen MR) is 82.2 cm³/mol. The van der Waals surface area contributed by atoms with E-state index in [1.54, 1.807) is 0 Å². The lowest BCUT2D eigenvalue weighted by Gasteiger charge is -2.10. The Balaban J connectivity index is 3.03. The maximum atomic E-state index is 5.49. The molecule has 122 valence electrons. The third kappa shape index (κ3) is 14.3. The van der Waals surface area contributed by atoms with Crippen molar-refractivity contribution >= 4 is 0 Å². The van der Waals surface area contributed by atoms with Gasteiger partial charge in [0.25, 0.3) is 0 Å². The van der Waals surface area contributed by atoms with Gasteiger partial charge in [-0.3, -0.25) is 0 Å². The van der Waals surface area contributed by atoms with Crippen molar-refractivity contribution in [2.24, 2.45) is 11.8 Å². The molecule has 0 N–H and O–H groups in total. The molecule has 0 rings (SSSR count). The highest BCUT2D eigenvalue weighted by atomic mass is 16.6. The molecular formula is C16H34O4. The molecule has 0 aliphatic heterocycles. The maximum Gasteiger partial charge on any atom is 0.0701 e. The van der Waals surface area contributed by atoms with Gasteiger partial charge in [0.15, 0.2) is 0 Å². The van der Waals surface area contributed by atoms with Crippen LogP contribution in [0.4, 0.5) is 0 Å². The molecule has 0 saturated carbocycles. The third-order valence-electron chi connectivity index (χ3n) is 3.31. The van der Waals surface area contributed by atoms with Crippen LogP contribution in [0.15, 0.2) is 0 Å². The molecule has 0 bridgehead atoms. The smallest absolute Gasteiger partial charge is 0.0701 e. The van der Waals surface area contributed by atoms with Crippen molar-refractivity contribution in [1.29, 1.82) is 0 Å². The van der Waals surface area contributed by atoms with Crippen LogP contribution in [0.1, 0.15) is 40.5 Å². The van der Waals surface area contributed by atoms with Gasteiger partial charge in [-0.05, 0) is 11.8 Å². The van der Waals surface area contributed by atoms with Crippen molar-refractivity contribution in [3.05, 3.63) is 0 Å². The lowest BCUT2D eigenvalue weighted by atomic mass is 10.1. The Hall–Kier alpha value is -0.160. The first-order chi connectivity index (χ1) is 9.70. The van der Waals surface area contributed by atoms with E-state index in [0.717, 1.165) is 26.1 Å². The van der Waals surface area contributed by atoms with E-state index in [1.807, 2.05) is 0 Å². The van der Waals surface area contributed by atoms with Crippen molar-refractivity contribution in [3.8, 4) is 0 Å². The number of ether oxygens (including phenoxy) is 4. The standard InChI is InChI=1S/C16H34O4/c1-5-15(3)13-19-11-9-17-7-8-18-10-12-20-14-16(4)6-2/h15-16H,5-14H2,1-4H3. The van der Waals surface area contributed by atoms with Gasteiger partial charge >= 0.3 is 0 Å². The zero-order valence-corrected chi connectivity index (χ0v) is 13.9. The molecule has 0 aliphatic carbocycles. The molecule has 2 unspecified atom stereocenters. The fourth-order valence-corrected chi connectivity index (χ4v) is 1.36. The fourth-order valence-electron chi connectivity index (χ4n) is 1.36. The average Bonchev–Trinajstić information content (AvgIpc) is 2.47. The van der Waals surface area contributed by atoms with Crippen molar-refractivity contribution in [2.75, 3.05) is 52.9 Å². The molecule has 2 atom stereocenters. The van der Waals surface area contributed by atoms with E-state index in [-0.39, 0.29) is 0 Å². The molecule has 4 heteroatoms. The van der Waals surface area contributed by atoms with E-state index in [0.29, 0.717) is 51.5 Å². The van der Waals surface area contributed by atoms with Crippen LogP contribution in [0.5, 0.6) is 0 Å². The predicted octanol–water partition coefficient (Wildman–Crippen LogP) is 3.15. The van der Waals surface area contributed by atoms with Crippen LogP contribution >= 0.6 is 0 Å². The molecule has 0 aromatic rings. The summed E-state index contributed by atoms with van der Waals surface area (Å²) in [7, 11) is 0. The van der Waals surface area contributed by atoms with E-state index in [2.05, 4.69) is 27.7 Å². The third-order valence-corrected chi connectivity index (χ3v) is 3.31. The molecule has 0 fully saturated rings. The summed E-state index contributed by atoms with van der Waals surface area (Å²) in [5, 5.41) is 0. The van der Waals surface area contributed by atoms with E-state index in [9.17, 15) is 0 Å². The summed E-state index contributed by atoms with van der Waals surface area (Å²) >= 11 is 0. The second-order valence-corrected chi connectivity index (χ2v) is 5.40. The summed E-state index contributed by atoms with van der Waals surface area (Å²) in [6.45, 7) is 14.3. The molecule has 0 radical (unpaired) electrons. The second-order valence-electron chi connectivity index (χ2n) is 5.40. The number of hydrogen-bond donors (Lipinski definition) is 0. The zero-order chi connectivity index (χ0) is 15.1. The quantitative estimate of drug-likeness (QED) is 0.434. The molecule has 0 spiro atoms. The molecule has 0 aliphatic rings. The van der Waals surface area contributed by atoms with Crippen molar-refractivity contribution in [2.45, 2.75) is 40.5 Å². The van der Waals surface area contributed by atoms with Crippen LogP contribution in [0.25, 0.3) is 0 Å². The van der Waals surface area contributed by atoms with Crippen molar-refractivity contribution < 1.29 is 18.9 Å². The van der Waals surface area contributed by atoms with E-state index >= 15 is 0 Å². The van der Waals surface area contributed by atoms with Crippen LogP contribution in [-0.2, 0) is 18.9 Å². The highest BCUT2D eigenvalue weighted by Crippen LogP contribution is 2.00. The van der Waals surface area contributed by atoms with Crippen LogP contribution in [-0.4, -0.2) is 52.9 Å². The lowest BCUT2D eigenvalue weighted by Crippen LogP contribution is -2.14. The minimum atomic E-state index is 0.623. The van der Waals surface area contributed by atoms with E-state index < -0.39 is 0 Å². The summed E-state index contributed by atoms with van der Waals surface area (Å²) in [6.07, 6.45) is 2.32. The Bertz CT molecular complexity index is 167. The highest BCUT2D eigenvalue weighted by Gasteiger charge is 1.99. The summed E-state index contributed by atoms with van der Waals surface area (Å²) in [6, 6.07) is 0. The topological polar surface area (TPSA) is 36.9 Å². The molecule has 0 amide bonds. The first kappa shape index (κ1) is 19.8. The van der Waals surface area contributed by atoms with Gasteiger partial charge in [0.05, 0.1) is 39.6 Å². The highest BCUT2D eigenvalue weighted by molar-refractivity contribution is 4.46. The Kier molecular flexibility index (Phi) is 15.1. The second kappa shape index (κ2) is 15.2. The van der Waals surface area contributed by atoms with E-state index in [1.165, 1.54) is 0 Å². The Labute approximate surface area is 125 Å². The van der Waals surface area contributed by atoms with Crippen molar-refractivity contribution in [1.82, 2.24) is 0 Å². The molecule has 0 heterocycles. The number of hydrogen-bond acceptors (Lipinski definition) is 4. The SMILES string of the molecule is CCC(C)COCCOCCOCCOCC(C)CC. The van der Waals surface area contributed by atoms with Gasteiger partial charge in [0.1, 0.15) is 0 Å². The van der Waals surface area contributed by atoms with Crippen molar-refractivity contribution in [3.63, 3.8) is 0 Å². The lowest BCUT2D eigenvalue weighted by molar-refractivity contribution is -0.00836. The molecule has 0 saturated heterocycles. The van der Waals surface area contributed by atoms with E-state index in [4.69, 9.17) is 18.9 Å². The normalized spacial score (nSPS) is 14.4. The van der Waals surface area contributed by atoms with Crippen LogP contribution in [0.3, 0.4) is 0 Å². The molecule has 0 aromatic carbocycles. The number of rotatable bonds is 15. The Morgan fingerprint density at radius 1 is 0.550 bits per heavy atom. The fraction of sp³-hybridized carbons (Fsp3) is 1.00. The zero-order valence-electron chi connectivity index (χ0n) is 13.9. The monoisotopic (exact) mass is 290 g/mol. The minimum absolute atomic E-state index is 0.623. The molecule has 0 aromatic heterocycles. The molecule has 20 heavy (non-hydrogen) atoms. The van der Waals surface area contributed by atoms with Gasteiger partial charge in [-0.15, -0.1) is 0 Å². The van der Waals surface area contributed by atoms with Gasteiger partial charge < -0.3 is 18.9 Å². The minimum Gasteiger partial charge on any atom is -0.379 e. The van der Waals surface area contributed by atoms with Gasteiger partial charge in [0.2, 0.25) is 0 Å². The average molecular weight is 290 g/mol. The van der Waals surface area contributed by atoms with Gasteiger partial charge in [0, 0.05) is 13.2 Å². The first-order valence-corrected chi connectivity index (χ1v) is 8.01. The van der Waals surface area contributed by atoms with Gasteiger partial charge in [-0.25, -0.2) is 0 Å². The van der Waals surface area contributed by atoms with Crippen LogP contribution in [0.2, 0.25) is 0 Å². The van der Waals surface area contributed by atoms with Gasteiger partial charge in [-0.1, -0.05) is 40.5 Å². The molecular weight excluding hydrogens is 256 g/mol. The summed E-state index contributed by atoms with van der Waals surface area (Å²) in [4.78, 5) is 0. The van der Waals surface area contributed by atoms with Crippen LogP contribution in [0, 0.1) is 11.8 Å². The Morgan fingerprint density at radius 3 is 1.15 bits per heavy atom. The first-order valence-electron chi connectivity index (χ1n) is 8.01. The summed E-state index contributed by atoms with van der Waals surface area (Å²) in [5.41, 5.74) is 0.